The normalized spacial score (nSPS) is 18.0. The van der Waals surface area contributed by atoms with Crippen molar-refractivity contribution in [3.8, 4) is 5.75 Å². The number of halogens is 1. The Morgan fingerprint density at radius 1 is 1.38 bits per heavy atom. The highest BCUT2D eigenvalue weighted by Gasteiger charge is 2.18. The Balaban J connectivity index is 0.00000288. The smallest absolute Gasteiger partial charge is 0.193 e. The second-order valence-corrected chi connectivity index (χ2v) is 6.08. The molecule has 0 amide bonds. The van der Waals surface area contributed by atoms with E-state index in [1.165, 1.54) is 18.4 Å². The number of piperidine rings is 1. The van der Waals surface area contributed by atoms with Crippen LogP contribution in [0.15, 0.2) is 29.3 Å². The molecule has 0 radical (unpaired) electrons. The SMILES string of the molecule is CN=C(NCc1cccc(OCCOC)c1)N1CCCC(C)C1.I. The van der Waals surface area contributed by atoms with Crippen LogP contribution in [0.25, 0.3) is 0 Å². The maximum Gasteiger partial charge on any atom is 0.193 e. The Labute approximate surface area is 162 Å². The maximum atomic E-state index is 5.66. The third-order valence-corrected chi connectivity index (χ3v) is 4.07. The van der Waals surface area contributed by atoms with Gasteiger partial charge in [0.1, 0.15) is 12.4 Å². The first-order valence-corrected chi connectivity index (χ1v) is 8.39. The Morgan fingerprint density at radius 2 is 2.21 bits per heavy atom. The average Bonchev–Trinajstić information content (AvgIpc) is 2.56. The summed E-state index contributed by atoms with van der Waals surface area (Å²) in [7, 11) is 3.53. The number of hydrogen-bond donors (Lipinski definition) is 1. The van der Waals surface area contributed by atoms with Gasteiger partial charge in [-0.1, -0.05) is 19.1 Å². The van der Waals surface area contributed by atoms with Crippen LogP contribution in [-0.2, 0) is 11.3 Å². The molecular weight excluding hydrogens is 417 g/mol. The van der Waals surface area contributed by atoms with Crippen molar-refractivity contribution in [3.05, 3.63) is 29.8 Å². The number of methoxy groups -OCH3 is 1. The van der Waals surface area contributed by atoms with Crippen LogP contribution in [0.5, 0.6) is 5.75 Å². The Bertz CT molecular complexity index is 511. The summed E-state index contributed by atoms with van der Waals surface area (Å²) in [6, 6.07) is 8.15. The monoisotopic (exact) mass is 447 g/mol. The first-order valence-electron chi connectivity index (χ1n) is 8.39. The van der Waals surface area contributed by atoms with Gasteiger partial charge in [0.05, 0.1) is 6.61 Å². The van der Waals surface area contributed by atoms with Crippen LogP contribution in [0.3, 0.4) is 0 Å². The summed E-state index contributed by atoms with van der Waals surface area (Å²) >= 11 is 0. The van der Waals surface area contributed by atoms with Crippen LogP contribution in [0.4, 0.5) is 0 Å². The molecule has 1 aromatic carbocycles. The topological polar surface area (TPSA) is 46.1 Å². The van der Waals surface area contributed by atoms with Crippen LogP contribution < -0.4 is 10.1 Å². The van der Waals surface area contributed by atoms with Crippen LogP contribution in [0.2, 0.25) is 0 Å². The highest BCUT2D eigenvalue weighted by Crippen LogP contribution is 2.16. The summed E-state index contributed by atoms with van der Waals surface area (Å²) in [5.74, 6) is 2.60. The molecule has 1 saturated heterocycles. The van der Waals surface area contributed by atoms with Gasteiger partial charge in [0.15, 0.2) is 5.96 Å². The number of benzene rings is 1. The molecule has 0 aliphatic carbocycles. The van der Waals surface area contributed by atoms with E-state index >= 15 is 0 Å². The fourth-order valence-corrected chi connectivity index (χ4v) is 2.88. The summed E-state index contributed by atoms with van der Waals surface area (Å²) in [5.41, 5.74) is 1.19. The molecule has 0 bridgehead atoms. The van der Waals surface area contributed by atoms with E-state index in [9.17, 15) is 0 Å². The van der Waals surface area contributed by atoms with Gasteiger partial charge in [0.2, 0.25) is 0 Å². The zero-order valence-corrected chi connectivity index (χ0v) is 17.3. The van der Waals surface area contributed by atoms with Crippen molar-refractivity contribution in [2.75, 3.05) is 40.5 Å². The zero-order valence-electron chi connectivity index (χ0n) is 15.0. The van der Waals surface area contributed by atoms with Gasteiger partial charge in [0, 0.05) is 33.8 Å². The van der Waals surface area contributed by atoms with Crippen molar-refractivity contribution in [1.29, 1.82) is 0 Å². The minimum absolute atomic E-state index is 0. The predicted octanol–water partition coefficient (Wildman–Crippen LogP) is 3.14. The largest absolute Gasteiger partial charge is 0.491 e. The van der Waals surface area contributed by atoms with E-state index in [4.69, 9.17) is 9.47 Å². The number of nitrogens with one attached hydrogen (secondary N) is 1. The fourth-order valence-electron chi connectivity index (χ4n) is 2.88. The lowest BCUT2D eigenvalue weighted by Gasteiger charge is -2.33. The average molecular weight is 447 g/mol. The zero-order chi connectivity index (χ0) is 16.5. The van der Waals surface area contributed by atoms with Gasteiger partial charge < -0.3 is 19.7 Å². The third-order valence-electron chi connectivity index (χ3n) is 4.07. The molecule has 136 valence electrons. The number of hydrogen-bond acceptors (Lipinski definition) is 3. The van der Waals surface area contributed by atoms with Crippen molar-refractivity contribution < 1.29 is 9.47 Å². The first kappa shape index (κ1) is 21.0. The molecule has 1 fully saturated rings. The lowest BCUT2D eigenvalue weighted by atomic mass is 10.0. The second kappa shape index (κ2) is 11.5. The summed E-state index contributed by atoms with van der Waals surface area (Å²) < 4.78 is 10.7. The first-order chi connectivity index (χ1) is 11.2. The van der Waals surface area contributed by atoms with Gasteiger partial charge in [-0.2, -0.15) is 0 Å². The molecule has 1 atom stereocenters. The molecule has 0 spiro atoms. The van der Waals surface area contributed by atoms with Gasteiger partial charge >= 0.3 is 0 Å². The van der Waals surface area contributed by atoms with Crippen molar-refractivity contribution in [1.82, 2.24) is 10.2 Å². The Hall–Kier alpha value is -1.02. The number of likely N-dealkylation sites (tertiary alicyclic amines) is 1. The van der Waals surface area contributed by atoms with E-state index in [1.807, 2.05) is 19.2 Å². The van der Waals surface area contributed by atoms with E-state index < -0.39 is 0 Å². The van der Waals surface area contributed by atoms with Crippen molar-refractivity contribution in [2.45, 2.75) is 26.3 Å². The lowest BCUT2D eigenvalue weighted by molar-refractivity contribution is 0.146. The summed E-state index contributed by atoms with van der Waals surface area (Å²) in [4.78, 5) is 6.78. The maximum absolute atomic E-state index is 5.66. The Kier molecular flexibility index (Phi) is 10.1. The molecule has 6 heteroatoms. The third kappa shape index (κ3) is 6.84. The molecule has 1 aromatic rings. The minimum atomic E-state index is 0. The standard InChI is InChI=1S/C18H29N3O2.HI/c1-15-6-5-9-21(14-15)18(19-2)20-13-16-7-4-8-17(12-16)23-11-10-22-3;/h4,7-8,12,15H,5-6,9-11,13-14H2,1-3H3,(H,19,20);1H. The van der Waals surface area contributed by atoms with Gasteiger partial charge in [-0.3, -0.25) is 4.99 Å². The fraction of sp³-hybridized carbons (Fsp3) is 0.611. The quantitative estimate of drug-likeness (QED) is 0.315. The molecule has 1 N–H and O–H groups in total. The molecule has 0 saturated carbocycles. The van der Waals surface area contributed by atoms with Gasteiger partial charge in [-0.15, -0.1) is 24.0 Å². The van der Waals surface area contributed by atoms with E-state index in [2.05, 4.69) is 34.3 Å². The van der Waals surface area contributed by atoms with Crippen LogP contribution in [0, 0.1) is 5.92 Å². The van der Waals surface area contributed by atoms with E-state index in [0.717, 1.165) is 37.3 Å². The molecule has 5 nitrogen and oxygen atoms in total. The molecule has 0 aromatic heterocycles. The lowest BCUT2D eigenvalue weighted by Crippen LogP contribution is -2.45. The molecule has 1 heterocycles. The molecule has 1 aliphatic heterocycles. The molecule has 1 aliphatic rings. The van der Waals surface area contributed by atoms with Crippen molar-refractivity contribution in [3.63, 3.8) is 0 Å². The molecule has 2 rings (SSSR count). The summed E-state index contributed by atoms with van der Waals surface area (Å²) in [6.45, 7) is 6.40. The van der Waals surface area contributed by atoms with Crippen LogP contribution in [-0.4, -0.2) is 51.3 Å². The summed E-state index contributed by atoms with van der Waals surface area (Å²) in [6.07, 6.45) is 2.55. The van der Waals surface area contributed by atoms with Gasteiger partial charge in [-0.05, 0) is 36.5 Å². The van der Waals surface area contributed by atoms with Gasteiger partial charge in [-0.25, -0.2) is 0 Å². The molecular formula is C18H30IN3O2. The van der Waals surface area contributed by atoms with Gasteiger partial charge in [0.25, 0.3) is 0 Å². The molecule has 24 heavy (non-hydrogen) atoms. The van der Waals surface area contributed by atoms with E-state index in [0.29, 0.717) is 13.2 Å². The molecule has 1 unspecified atom stereocenters. The second-order valence-electron chi connectivity index (χ2n) is 6.08. The van der Waals surface area contributed by atoms with Crippen LogP contribution >= 0.6 is 24.0 Å². The van der Waals surface area contributed by atoms with Crippen LogP contribution in [0.1, 0.15) is 25.3 Å². The number of ether oxygens (including phenoxy) is 2. The van der Waals surface area contributed by atoms with E-state index in [-0.39, 0.29) is 24.0 Å². The highest BCUT2D eigenvalue weighted by atomic mass is 127. The van der Waals surface area contributed by atoms with Crippen molar-refractivity contribution in [2.24, 2.45) is 10.9 Å². The summed E-state index contributed by atoms with van der Waals surface area (Å²) in [5, 5.41) is 3.47. The number of nitrogens with zero attached hydrogens (tertiary/aromatic N) is 2. The van der Waals surface area contributed by atoms with Crippen molar-refractivity contribution >= 4 is 29.9 Å². The minimum Gasteiger partial charge on any atom is -0.491 e. The Morgan fingerprint density at radius 3 is 2.92 bits per heavy atom. The van der Waals surface area contributed by atoms with E-state index in [1.54, 1.807) is 7.11 Å². The predicted molar refractivity (Wildman–Crippen MR) is 109 cm³/mol. The number of aliphatic imine (C=N–C) groups is 1. The number of guanidine groups is 1. The highest BCUT2D eigenvalue weighted by molar-refractivity contribution is 14.0. The number of rotatable bonds is 6.